The van der Waals surface area contributed by atoms with E-state index in [1.807, 2.05) is 12.1 Å². The standard InChI is InChI=1S/C23H19N3O6S2/c27-26(28)17-3-9-22-20(15-17)24-23(33-22)10-5-18-4-8-21(32-18)16-1-6-19(7-2-16)34(29,30)25-11-13-31-14-12-25/h1-10,15H,11-14H2. The third kappa shape index (κ3) is 4.50. The Bertz CT molecular complexity index is 1480. The number of rotatable bonds is 6. The van der Waals surface area contributed by atoms with Crippen LogP contribution in [0.3, 0.4) is 0 Å². The summed E-state index contributed by atoms with van der Waals surface area (Å²) in [5.74, 6) is 1.21. The molecule has 34 heavy (non-hydrogen) atoms. The van der Waals surface area contributed by atoms with Crippen molar-refractivity contribution in [2.24, 2.45) is 0 Å². The van der Waals surface area contributed by atoms with Gasteiger partial charge in [0.2, 0.25) is 10.0 Å². The van der Waals surface area contributed by atoms with Gasteiger partial charge in [-0.25, -0.2) is 13.4 Å². The average molecular weight is 498 g/mol. The van der Waals surface area contributed by atoms with Gasteiger partial charge in [-0.15, -0.1) is 11.3 Å². The van der Waals surface area contributed by atoms with Crippen molar-refractivity contribution in [1.82, 2.24) is 9.29 Å². The zero-order valence-corrected chi connectivity index (χ0v) is 19.4. The molecular weight excluding hydrogens is 478 g/mol. The molecular formula is C23H19N3O6S2. The molecule has 1 aliphatic heterocycles. The predicted molar refractivity (Wildman–Crippen MR) is 129 cm³/mol. The second-order valence-electron chi connectivity index (χ2n) is 7.54. The predicted octanol–water partition coefficient (Wildman–Crippen LogP) is 4.66. The molecule has 1 fully saturated rings. The van der Waals surface area contributed by atoms with Gasteiger partial charge in [0.05, 0.1) is 33.2 Å². The van der Waals surface area contributed by atoms with Crippen LogP contribution in [0.5, 0.6) is 0 Å². The minimum Gasteiger partial charge on any atom is -0.457 e. The molecule has 0 spiro atoms. The molecule has 174 valence electrons. The van der Waals surface area contributed by atoms with Crippen LogP contribution in [-0.2, 0) is 14.8 Å². The lowest BCUT2D eigenvalue weighted by Crippen LogP contribution is -2.40. The number of aromatic nitrogens is 1. The fourth-order valence-corrected chi connectivity index (χ4v) is 5.86. The second kappa shape index (κ2) is 9.11. The van der Waals surface area contributed by atoms with Crippen molar-refractivity contribution < 1.29 is 22.5 Å². The van der Waals surface area contributed by atoms with Crippen molar-refractivity contribution in [2.45, 2.75) is 4.90 Å². The van der Waals surface area contributed by atoms with E-state index in [0.29, 0.717) is 48.3 Å². The van der Waals surface area contributed by atoms with Gasteiger partial charge < -0.3 is 9.15 Å². The number of thiazole rings is 1. The van der Waals surface area contributed by atoms with E-state index in [0.717, 1.165) is 10.3 Å². The van der Waals surface area contributed by atoms with Gasteiger partial charge in [0, 0.05) is 30.8 Å². The van der Waals surface area contributed by atoms with Gasteiger partial charge >= 0.3 is 0 Å². The summed E-state index contributed by atoms with van der Waals surface area (Å²) in [5.41, 5.74) is 1.34. The summed E-state index contributed by atoms with van der Waals surface area (Å²) in [7, 11) is -3.55. The van der Waals surface area contributed by atoms with Crippen molar-refractivity contribution in [2.75, 3.05) is 26.3 Å². The molecule has 0 atom stereocenters. The van der Waals surface area contributed by atoms with Gasteiger partial charge in [-0.05, 0) is 54.6 Å². The van der Waals surface area contributed by atoms with Crippen LogP contribution in [0.2, 0.25) is 0 Å². The summed E-state index contributed by atoms with van der Waals surface area (Å²) in [6.45, 7) is 1.50. The van der Waals surface area contributed by atoms with Crippen LogP contribution in [0.4, 0.5) is 5.69 Å². The maximum absolute atomic E-state index is 12.8. The molecule has 2 aromatic carbocycles. The summed E-state index contributed by atoms with van der Waals surface area (Å²) < 4.78 is 39.0. The number of nitro groups is 1. The molecule has 0 saturated carbocycles. The molecule has 5 rings (SSSR count). The summed E-state index contributed by atoms with van der Waals surface area (Å²) in [5, 5.41) is 11.6. The highest BCUT2D eigenvalue weighted by Gasteiger charge is 2.26. The zero-order valence-electron chi connectivity index (χ0n) is 17.8. The van der Waals surface area contributed by atoms with Crippen molar-refractivity contribution in [1.29, 1.82) is 0 Å². The highest BCUT2D eigenvalue weighted by Crippen LogP contribution is 2.29. The molecule has 0 unspecified atom stereocenters. The van der Waals surface area contributed by atoms with Gasteiger partial charge in [-0.3, -0.25) is 10.1 Å². The number of nitrogens with zero attached hydrogens (tertiary/aromatic N) is 3. The Morgan fingerprint density at radius 2 is 1.79 bits per heavy atom. The van der Waals surface area contributed by atoms with E-state index in [4.69, 9.17) is 9.15 Å². The number of ether oxygens (including phenoxy) is 1. The minimum absolute atomic E-state index is 0.00719. The van der Waals surface area contributed by atoms with Gasteiger partial charge in [0.1, 0.15) is 16.5 Å². The second-order valence-corrected chi connectivity index (χ2v) is 10.5. The van der Waals surface area contributed by atoms with Crippen LogP contribution in [0.25, 0.3) is 33.7 Å². The zero-order chi connectivity index (χ0) is 23.7. The van der Waals surface area contributed by atoms with E-state index in [-0.39, 0.29) is 10.6 Å². The van der Waals surface area contributed by atoms with Crippen molar-refractivity contribution in [3.05, 3.63) is 75.5 Å². The molecule has 4 aromatic rings. The van der Waals surface area contributed by atoms with Gasteiger partial charge in [0.25, 0.3) is 5.69 Å². The summed E-state index contributed by atoms with van der Waals surface area (Å²) in [6.07, 6.45) is 3.56. The molecule has 1 aliphatic rings. The number of sulfonamides is 1. The van der Waals surface area contributed by atoms with Crippen LogP contribution in [0, 0.1) is 10.1 Å². The Balaban J connectivity index is 1.31. The van der Waals surface area contributed by atoms with Crippen molar-refractivity contribution in [3.8, 4) is 11.3 Å². The van der Waals surface area contributed by atoms with E-state index in [1.54, 1.807) is 42.5 Å². The van der Waals surface area contributed by atoms with Gasteiger partial charge in [-0.2, -0.15) is 4.31 Å². The van der Waals surface area contributed by atoms with E-state index < -0.39 is 14.9 Å². The fourth-order valence-electron chi connectivity index (χ4n) is 3.60. The summed E-state index contributed by atoms with van der Waals surface area (Å²) >= 11 is 1.42. The number of hydrogen-bond donors (Lipinski definition) is 0. The average Bonchev–Trinajstić information content (AvgIpc) is 3.49. The lowest BCUT2D eigenvalue weighted by atomic mass is 10.2. The lowest BCUT2D eigenvalue weighted by Gasteiger charge is -2.26. The minimum atomic E-state index is -3.55. The van der Waals surface area contributed by atoms with E-state index in [9.17, 15) is 18.5 Å². The molecule has 9 nitrogen and oxygen atoms in total. The van der Waals surface area contributed by atoms with Gasteiger partial charge in [-0.1, -0.05) is 0 Å². The summed E-state index contributed by atoms with van der Waals surface area (Å²) in [6, 6.07) is 14.8. The Labute approximate surface area is 199 Å². The Morgan fingerprint density at radius 1 is 1.03 bits per heavy atom. The number of morpholine rings is 1. The molecule has 0 aliphatic carbocycles. The van der Waals surface area contributed by atoms with Crippen LogP contribution in [0.15, 0.2) is 63.9 Å². The first-order valence-electron chi connectivity index (χ1n) is 10.4. The molecule has 0 amide bonds. The molecule has 0 radical (unpaired) electrons. The third-order valence-corrected chi connectivity index (χ3v) is 8.28. The topological polar surface area (TPSA) is 116 Å². The van der Waals surface area contributed by atoms with Crippen LogP contribution < -0.4 is 0 Å². The number of fused-ring (bicyclic) bond motifs is 1. The molecule has 11 heteroatoms. The number of nitro benzene ring substituents is 1. The maximum atomic E-state index is 12.8. The molecule has 0 N–H and O–H groups in total. The molecule has 0 bridgehead atoms. The highest BCUT2D eigenvalue weighted by atomic mass is 32.2. The maximum Gasteiger partial charge on any atom is 0.271 e. The third-order valence-electron chi connectivity index (χ3n) is 5.36. The van der Waals surface area contributed by atoms with E-state index in [2.05, 4.69) is 4.98 Å². The normalized spacial score (nSPS) is 15.3. The first kappa shape index (κ1) is 22.4. The van der Waals surface area contributed by atoms with Crippen LogP contribution in [0.1, 0.15) is 10.8 Å². The number of non-ortho nitro benzene ring substituents is 1. The monoisotopic (exact) mass is 497 g/mol. The molecule has 3 heterocycles. The Kier molecular flexibility index (Phi) is 6.00. The Hall–Kier alpha value is -3.38. The number of furan rings is 1. The first-order valence-corrected chi connectivity index (χ1v) is 12.7. The first-order chi connectivity index (χ1) is 16.4. The van der Waals surface area contributed by atoms with Crippen LogP contribution >= 0.6 is 11.3 Å². The highest BCUT2D eigenvalue weighted by molar-refractivity contribution is 7.89. The molecule has 2 aromatic heterocycles. The number of hydrogen-bond acceptors (Lipinski definition) is 8. The van der Waals surface area contributed by atoms with Gasteiger partial charge in [0.15, 0.2) is 0 Å². The van der Waals surface area contributed by atoms with E-state index in [1.165, 1.54) is 27.8 Å². The van der Waals surface area contributed by atoms with Crippen molar-refractivity contribution >= 4 is 49.4 Å². The molecule has 1 saturated heterocycles. The fraction of sp³-hybridized carbons (Fsp3) is 0.174. The Morgan fingerprint density at radius 3 is 2.53 bits per heavy atom. The van der Waals surface area contributed by atoms with E-state index >= 15 is 0 Å². The van der Waals surface area contributed by atoms with Crippen molar-refractivity contribution in [3.63, 3.8) is 0 Å². The SMILES string of the molecule is O=[N+]([O-])c1ccc2sc(C=Cc3ccc(-c4ccc(S(=O)(=O)N5CCOCC5)cc4)o3)nc2c1. The smallest absolute Gasteiger partial charge is 0.271 e. The summed E-state index contributed by atoms with van der Waals surface area (Å²) in [4.78, 5) is 15.2. The lowest BCUT2D eigenvalue weighted by molar-refractivity contribution is -0.384. The van der Waals surface area contributed by atoms with Crippen LogP contribution in [-0.4, -0.2) is 48.9 Å². The number of benzene rings is 2. The largest absolute Gasteiger partial charge is 0.457 e. The quantitative estimate of drug-likeness (QED) is 0.281.